The lowest BCUT2D eigenvalue weighted by Crippen LogP contribution is -2.05. The van der Waals surface area contributed by atoms with Gasteiger partial charge < -0.3 is 23.9 Å². The molecule has 1 N–H and O–H groups in total. The Morgan fingerprint density at radius 1 is 1.00 bits per heavy atom. The average Bonchev–Trinajstić information content (AvgIpc) is 3.05. The van der Waals surface area contributed by atoms with E-state index in [4.69, 9.17) is 14.2 Å². The largest absolute Gasteiger partial charge is 0.493 e. The molecule has 0 fully saturated rings. The van der Waals surface area contributed by atoms with Crippen LogP contribution in [0.15, 0.2) is 46.6 Å². The van der Waals surface area contributed by atoms with Crippen molar-refractivity contribution >= 4 is 22.5 Å². The SMILES string of the molecule is CCOc1cc(C(=O)N=Nc2c(O)n(C(C)C)c3ccccc23)cc(OCC)c1OCC. The molecular formula is C24H29N3O5. The second-order valence-corrected chi connectivity index (χ2v) is 7.26. The van der Waals surface area contributed by atoms with E-state index in [1.165, 1.54) is 0 Å². The summed E-state index contributed by atoms with van der Waals surface area (Å²) < 4.78 is 18.8. The zero-order chi connectivity index (χ0) is 23.3. The molecule has 1 heterocycles. The number of benzene rings is 2. The van der Waals surface area contributed by atoms with Crippen LogP contribution in [0.1, 0.15) is 51.0 Å². The molecule has 0 aliphatic rings. The molecule has 0 radical (unpaired) electrons. The van der Waals surface area contributed by atoms with Gasteiger partial charge in [-0.1, -0.05) is 18.2 Å². The van der Waals surface area contributed by atoms with Crippen molar-refractivity contribution in [2.75, 3.05) is 19.8 Å². The zero-order valence-corrected chi connectivity index (χ0v) is 19.1. The molecule has 0 aliphatic heterocycles. The Kier molecular flexibility index (Phi) is 7.35. The molecule has 1 aromatic heterocycles. The third-order valence-corrected chi connectivity index (χ3v) is 4.77. The first-order chi connectivity index (χ1) is 15.4. The van der Waals surface area contributed by atoms with E-state index in [1.54, 1.807) is 16.7 Å². The summed E-state index contributed by atoms with van der Waals surface area (Å²) in [6, 6.07) is 10.6. The molecule has 0 aliphatic carbocycles. The van der Waals surface area contributed by atoms with Crippen molar-refractivity contribution in [1.82, 2.24) is 4.57 Å². The van der Waals surface area contributed by atoms with E-state index >= 15 is 0 Å². The minimum atomic E-state index is -0.587. The van der Waals surface area contributed by atoms with Gasteiger partial charge in [-0.2, -0.15) is 0 Å². The number of hydrogen-bond acceptors (Lipinski definition) is 6. The average molecular weight is 440 g/mol. The number of fused-ring (bicyclic) bond motifs is 1. The lowest BCUT2D eigenvalue weighted by molar-refractivity contribution is 0.0994. The molecule has 170 valence electrons. The van der Waals surface area contributed by atoms with Crippen LogP contribution in [0.4, 0.5) is 5.69 Å². The fraction of sp³-hybridized carbons (Fsp3) is 0.375. The maximum atomic E-state index is 12.9. The first-order valence-corrected chi connectivity index (χ1v) is 10.8. The molecular weight excluding hydrogens is 410 g/mol. The van der Waals surface area contributed by atoms with E-state index in [-0.39, 0.29) is 23.2 Å². The molecule has 32 heavy (non-hydrogen) atoms. The number of azo groups is 1. The highest BCUT2D eigenvalue weighted by Gasteiger charge is 2.20. The number of rotatable bonds is 9. The normalized spacial score (nSPS) is 11.4. The zero-order valence-electron chi connectivity index (χ0n) is 19.1. The number of carbonyl (C=O) groups excluding carboxylic acids is 1. The Morgan fingerprint density at radius 2 is 1.59 bits per heavy atom. The van der Waals surface area contributed by atoms with E-state index in [1.807, 2.05) is 58.9 Å². The van der Waals surface area contributed by atoms with Gasteiger partial charge in [0, 0.05) is 11.4 Å². The molecule has 0 unspecified atom stereocenters. The van der Waals surface area contributed by atoms with Crippen molar-refractivity contribution in [3.8, 4) is 23.1 Å². The number of hydrogen-bond donors (Lipinski definition) is 1. The summed E-state index contributed by atoms with van der Waals surface area (Å²) in [5.74, 6) is 0.628. The Balaban J connectivity index is 2.03. The summed E-state index contributed by atoms with van der Waals surface area (Å²) in [7, 11) is 0. The monoisotopic (exact) mass is 439 g/mol. The van der Waals surface area contributed by atoms with Gasteiger partial charge >= 0.3 is 0 Å². The van der Waals surface area contributed by atoms with Crippen molar-refractivity contribution in [2.24, 2.45) is 10.2 Å². The number of aromatic hydroxyl groups is 1. The van der Waals surface area contributed by atoms with Gasteiger partial charge in [-0.05, 0) is 52.8 Å². The van der Waals surface area contributed by atoms with E-state index in [0.717, 1.165) is 5.52 Å². The van der Waals surface area contributed by atoms with Gasteiger partial charge in [-0.3, -0.25) is 4.79 Å². The van der Waals surface area contributed by atoms with Crippen molar-refractivity contribution in [3.63, 3.8) is 0 Å². The molecule has 0 saturated carbocycles. The lowest BCUT2D eigenvalue weighted by Gasteiger charge is -2.16. The molecule has 8 nitrogen and oxygen atoms in total. The molecule has 0 saturated heterocycles. The Morgan fingerprint density at radius 3 is 2.16 bits per heavy atom. The maximum absolute atomic E-state index is 12.9. The fourth-order valence-corrected chi connectivity index (χ4v) is 3.52. The van der Waals surface area contributed by atoms with Crippen LogP contribution < -0.4 is 14.2 Å². The Labute approximate surface area is 187 Å². The van der Waals surface area contributed by atoms with Crippen molar-refractivity contribution < 1.29 is 24.1 Å². The second kappa shape index (κ2) is 10.2. The predicted octanol–water partition coefficient (Wildman–Crippen LogP) is 6.05. The van der Waals surface area contributed by atoms with Gasteiger partial charge in [-0.15, -0.1) is 10.2 Å². The van der Waals surface area contributed by atoms with Gasteiger partial charge in [0.25, 0.3) is 5.91 Å². The van der Waals surface area contributed by atoms with Crippen molar-refractivity contribution in [1.29, 1.82) is 0 Å². The topological polar surface area (TPSA) is 94.6 Å². The van der Waals surface area contributed by atoms with Crippen LogP contribution in [-0.2, 0) is 0 Å². The van der Waals surface area contributed by atoms with E-state index in [9.17, 15) is 9.90 Å². The lowest BCUT2D eigenvalue weighted by atomic mass is 10.1. The number of para-hydroxylation sites is 1. The molecule has 3 aromatic rings. The van der Waals surface area contributed by atoms with Crippen molar-refractivity contribution in [3.05, 3.63) is 42.0 Å². The van der Waals surface area contributed by atoms with Crippen LogP contribution >= 0.6 is 0 Å². The third kappa shape index (κ3) is 4.54. The molecule has 2 aromatic carbocycles. The molecule has 0 bridgehead atoms. The number of amides is 1. The number of ether oxygens (including phenoxy) is 3. The third-order valence-electron chi connectivity index (χ3n) is 4.77. The van der Waals surface area contributed by atoms with Gasteiger partial charge in [0.15, 0.2) is 17.2 Å². The summed E-state index contributed by atoms with van der Waals surface area (Å²) in [4.78, 5) is 12.9. The van der Waals surface area contributed by atoms with Crippen LogP contribution in [0.3, 0.4) is 0 Å². The highest BCUT2D eigenvalue weighted by Crippen LogP contribution is 2.42. The van der Waals surface area contributed by atoms with Gasteiger partial charge in [0.1, 0.15) is 0 Å². The highest BCUT2D eigenvalue weighted by atomic mass is 16.5. The van der Waals surface area contributed by atoms with E-state index in [2.05, 4.69) is 10.2 Å². The summed E-state index contributed by atoms with van der Waals surface area (Å²) in [6.45, 7) is 10.7. The molecule has 0 spiro atoms. The van der Waals surface area contributed by atoms with E-state index in [0.29, 0.717) is 42.5 Å². The molecule has 8 heteroatoms. The van der Waals surface area contributed by atoms with Crippen LogP contribution in [0.5, 0.6) is 23.1 Å². The highest BCUT2D eigenvalue weighted by molar-refractivity contribution is 5.98. The van der Waals surface area contributed by atoms with Gasteiger partial charge in [-0.25, -0.2) is 0 Å². The van der Waals surface area contributed by atoms with Crippen LogP contribution in [0, 0.1) is 0 Å². The minimum absolute atomic E-state index is 0.00756. The van der Waals surface area contributed by atoms with Crippen LogP contribution in [-0.4, -0.2) is 35.4 Å². The number of nitrogens with zero attached hydrogens (tertiary/aromatic N) is 3. The molecule has 0 atom stereocenters. The maximum Gasteiger partial charge on any atom is 0.295 e. The molecule has 3 rings (SSSR count). The Hall–Kier alpha value is -3.55. The standard InChI is InChI=1S/C24H29N3O5/c1-6-30-19-13-16(14-20(31-7-2)22(19)32-8-3)23(28)26-25-21-17-11-9-10-12-18(17)27(15(4)5)24(21)29/h9-15,29H,6-8H2,1-5H3. The van der Waals surface area contributed by atoms with Crippen LogP contribution in [0.2, 0.25) is 0 Å². The van der Waals surface area contributed by atoms with Gasteiger partial charge in [0.05, 0.1) is 30.9 Å². The molecule has 1 amide bonds. The van der Waals surface area contributed by atoms with Crippen molar-refractivity contribution in [2.45, 2.75) is 40.7 Å². The van der Waals surface area contributed by atoms with E-state index < -0.39 is 5.91 Å². The summed E-state index contributed by atoms with van der Waals surface area (Å²) in [6.07, 6.45) is 0. The minimum Gasteiger partial charge on any atom is -0.493 e. The number of aromatic nitrogens is 1. The fourth-order valence-electron chi connectivity index (χ4n) is 3.52. The second-order valence-electron chi connectivity index (χ2n) is 7.26. The van der Waals surface area contributed by atoms with Crippen LogP contribution in [0.25, 0.3) is 10.9 Å². The summed E-state index contributed by atoms with van der Waals surface area (Å²) in [5, 5.41) is 19.4. The Bertz CT molecular complexity index is 1110. The quantitative estimate of drug-likeness (QED) is 0.410. The van der Waals surface area contributed by atoms with Gasteiger partial charge in [0.2, 0.25) is 11.6 Å². The first kappa shape index (κ1) is 23.1. The summed E-state index contributed by atoms with van der Waals surface area (Å²) in [5.41, 5.74) is 1.32. The predicted molar refractivity (Wildman–Crippen MR) is 123 cm³/mol. The number of carbonyl (C=O) groups is 1. The summed E-state index contributed by atoms with van der Waals surface area (Å²) >= 11 is 0. The first-order valence-electron chi connectivity index (χ1n) is 10.8. The smallest absolute Gasteiger partial charge is 0.295 e.